The van der Waals surface area contributed by atoms with E-state index in [4.69, 9.17) is 23.8 Å². The molecule has 0 aliphatic rings. The van der Waals surface area contributed by atoms with E-state index in [0.29, 0.717) is 0 Å². The lowest BCUT2D eigenvalue weighted by Crippen LogP contribution is -2.41. The summed E-state index contributed by atoms with van der Waals surface area (Å²) in [5.74, 6) is 0. The van der Waals surface area contributed by atoms with Gasteiger partial charge in [-0.25, -0.2) is 0 Å². The maximum absolute atomic E-state index is 6.27. The quantitative estimate of drug-likeness (QED) is 0.330. The summed E-state index contributed by atoms with van der Waals surface area (Å²) in [6.07, 6.45) is 5.46. The van der Waals surface area contributed by atoms with Gasteiger partial charge in [-0.15, -0.1) is 0 Å². The van der Waals surface area contributed by atoms with Gasteiger partial charge in [0.15, 0.2) is 5.11 Å². The number of rotatable bonds is 8. The summed E-state index contributed by atoms with van der Waals surface area (Å²) in [6, 6.07) is 20.5. The molecule has 0 fully saturated rings. The van der Waals surface area contributed by atoms with Crippen molar-refractivity contribution in [1.29, 1.82) is 0 Å². The fourth-order valence-electron chi connectivity index (χ4n) is 3.95. The van der Waals surface area contributed by atoms with Crippen LogP contribution in [0.25, 0.3) is 10.9 Å². The van der Waals surface area contributed by atoms with Gasteiger partial charge in [0.05, 0.1) is 0 Å². The third-order valence-electron chi connectivity index (χ3n) is 5.66. The summed E-state index contributed by atoms with van der Waals surface area (Å²) in [6.45, 7) is 4.46. The van der Waals surface area contributed by atoms with Crippen LogP contribution < -0.4 is 5.32 Å². The fraction of sp³-hybridized carbons (Fsp3) is 0.231. The Bertz CT molecular complexity index is 1170. The molecular weight excluding hydrogens is 436 g/mol. The zero-order chi connectivity index (χ0) is 22.3. The van der Waals surface area contributed by atoms with Gasteiger partial charge in [0.1, 0.15) is 0 Å². The molecule has 0 aliphatic carbocycles. The SMILES string of the molecule is Cc1[nH]c2ccc(Cl)cc2c1CCN(Cc1ccncc1)C(=S)NCCc1ccccc1. The molecule has 164 valence electrons. The van der Waals surface area contributed by atoms with E-state index in [9.17, 15) is 0 Å². The van der Waals surface area contributed by atoms with Crippen LogP contribution >= 0.6 is 23.8 Å². The van der Waals surface area contributed by atoms with Crippen molar-refractivity contribution in [1.82, 2.24) is 20.2 Å². The number of nitrogens with zero attached hydrogens (tertiary/aromatic N) is 2. The lowest BCUT2D eigenvalue weighted by molar-refractivity contribution is 0.409. The van der Waals surface area contributed by atoms with Crippen molar-refractivity contribution in [2.45, 2.75) is 26.3 Å². The van der Waals surface area contributed by atoms with Crippen molar-refractivity contribution in [3.05, 3.63) is 100 Å². The number of halogens is 1. The largest absolute Gasteiger partial charge is 0.362 e. The van der Waals surface area contributed by atoms with Crippen molar-refractivity contribution in [2.75, 3.05) is 13.1 Å². The molecule has 0 saturated carbocycles. The Hall–Kier alpha value is -2.89. The number of pyridine rings is 1. The highest BCUT2D eigenvalue weighted by Gasteiger charge is 2.14. The molecule has 0 atom stereocenters. The zero-order valence-electron chi connectivity index (χ0n) is 18.1. The first-order chi connectivity index (χ1) is 15.6. The Morgan fingerprint density at radius 3 is 2.59 bits per heavy atom. The minimum atomic E-state index is 0.738. The lowest BCUT2D eigenvalue weighted by atomic mass is 10.1. The van der Waals surface area contributed by atoms with E-state index in [-0.39, 0.29) is 0 Å². The number of fused-ring (bicyclic) bond motifs is 1. The highest BCUT2D eigenvalue weighted by atomic mass is 35.5. The number of aromatic nitrogens is 2. The van der Waals surface area contributed by atoms with Gasteiger partial charge in [-0.05, 0) is 79.0 Å². The molecule has 6 heteroatoms. The summed E-state index contributed by atoms with van der Waals surface area (Å²) in [5.41, 5.74) is 6.07. The van der Waals surface area contributed by atoms with Gasteiger partial charge in [-0.3, -0.25) is 4.98 Å². The first-order valence-corrected chi connectivity index (χ1v) is 11.6. The Labute approximate surface area is 199 Å². The molecule has 0 amide bonds. The first-order valence-electron chi connectivity index (χ1n) is 10.8. The molecule has 0 saturated heterocycles. The van der Waals surface area contributed by atoms with Gasteiger partial charge < -0.3 is 15.2 Å². The summed E-state index contributed by atoms with van der Waals surface area (Å²) in [4.78, 5) is 9.85. The minimum absolute atomic E-state index is 0.738. The van der Waals surface area contributed by atoms with E-state index in [0.717, 1.165) is 48.1 Å². The van der Waals surface area contributed by atoms with Crippen molar-refractivity contribution in [3.8, 4) is 0 Å². The Kier molecular flexibility index (Phi) is 7.40. The van der Waals surface area contributed by atoms with Crippen LogP contribution in [0.2, 0.25) is 5.02 Å². The first kappa shape index (κ1) is 22.3. The zero-order valence-corrected chi connectivity index (χ0v) is 19.7. The maximum atomic E-state index is 6.27. The molecule has 4 nitrogen and oxygen atoms in total. The predicted octanol–water partition coefficient (Wildman–Crippen LogP) is 5.69. The van der Waals surface area contributed by atoms with Crippen LogP contribution in [0.1, 0.15) is 22.4 Å². The topological polar surface area (TPSA) is 44.0 Å². The third-order valence-corrected chi connectivity index (χ3v) is 6.29. The number of nitrogens with one attached hydrogen (secondary N) is 2. The summed E-state index contributed by atoms with van der Waals surface area (Å²) >= 11 is 12.1. The van der Waals surface area contributed by atoms with Crippen molar-refractivity contribution in [3.63, 3.8) is 0 Å². The van der Waals surface area contributed by atoms with Crippen LogP contribution in [0.4, 0.5) is 0 Å². The lowest BCUT2D eigenvalue weighted by Gasteiger charge is -2.26. The van der Waals surface area contributed by atoms with Crippen LogP contribution in [0.3, 0.4) is 0 Å². The van der Waals surface area contributed by atoms with Gasteiger partial charge in [-0.2, -0.15) is 0 Å². The van der Waals surface area contributed by atoms with Crippen LogP contribution in [0.5, 0.6) is 0 Å². The number of thiocarbonyl (C=S) groups is 1. The minimum Gasteiger partial charge on any atom is -0.362 e. The van der Waals surface area contributed by atoms with Gasteiger partial charge in [0.25, 0.3) is 0 Å². The Morgan fingerprint density at radius 1 is 1.03 bits per heavy atom. The molecule has 0 aliphatic heterocycles. The molecule has 0 unspecified atom stereocenters. The molecular formula is C26H27ClN4S. The second-order valence-corrected chi connectivity index (χ2v) is 8.74. The predicted molar refractivity (Wildman–Crippen MR) is 137 cm³/mol. The summed E-state index contributed by atoms with van der Waals surface area (Å²) in [7, 11) is 0. The van der Waals surface area contributed by atoms with E-state index in [2.05, 4.69) is 51.4 Å². The third kappa shape index (κ3) is 5.67. The molecule has 4 rings (SSSR count). The fourth-order valence-corrected chi connectivity index (χ4v) is 4.38. The molecule has 0 spiro atoms. The van der Waals surface area contributed by atoms with Gasteiger partial charge in [-0.1, -0.05) is 41.9 Å². The smallest absolute Gasteiger partial charge is 0.169 e. The number of aryl methyl sites for hydroxylation is 1. The number of benzene rings is 2. The molecule has 32 heavy (non-hydrogen) atoms. The highest BCUT2D eigenvalue weighted by molar-refractivity contribution is 7.80. The monoisotopic (exact) mass is 462 g/mol. The maximum Gasteiger partial charge on any atom is 0.169 e. The van der Waals surface area contributed by atoms with Crippen molar-refractivity contribution in [2.24, 2.45) is 0 Å². The number of aromatic amines is 1. The Balaban J connectivity index is 1.46. The molecule has 2 heterocycles. The number of hydrogen-bond acceptors (Lipinski definition) is 2. The van der Waals surface area contributed by atoms with Gasteiger partial charge in [0, 0.05) is 53.6 Å². The van der Waals surface area contributed by atoms with Crippen LogP contribution in [-0.2, 0) is 19.4 Å². The molecule has 0 bridgehead atoms. The highest BCUT2D eigenvalue weighted by Crippen LogP contribution is 2.26. The molecule has 0 radical (unpaired) electrons. The summed E-state index contributed by atoms with van der Waals surface area (Å²) in [5, 5.41) is 6.16. The molecule has 4 aromatic rings. The standard InChI is InChI=1S/C26H27ClN4S/c1-19-23(24-17-22(27)7-8-25(24)30-19)12-16-31(18-21-9-13-28-14-10-21)26(32)29-15-11-20-5-3-2-4-6-20/h2-10,13-14,17,30H,11-12,15-16,18H2,1H3,(H,29,32). The van der Waals surface area contributed by atoms with E-state index < -0.39 is 0 Å². The van der Waals surface area contributed by atoms with E-state index >= 15 is 0 Å². The van der Waals surface area contributed by atoms with Crippen LogP contribution in [0, 0.1) is 6.92 Å². The van der Waals surface area contributed by atoms with Crippen molar-refractivity contribution < 1.29 is 0 Å². The van der Waals surface area contributed by atoms with E-state index in [1.807, 2.05) is 48.8 Å². The Morgan fingerprint density at radius 2 is 1.81 bits per heavy atom. The van der Waals surface area contributed by atoms with Gasteiger partial charge >= 0.3 is 0 Å². The second kappa shape index (κ2) is 10.6. The average Bonchev–Trinajstić information content (AvgIpc) is 3.12. The van der Waals surface area contributed by atoms with E-state index in [1.54, 1.807) is 0 Å². The average molecular weight is 463 g/mol. The summed E-state index contributed by atoms with van der Waals surface area (Å²) < 4.78 is 0. The van der Waals surface area contributed by atoms with Crippen LogP contribution in [0.15, 0.2) is 73.1 Å². The van der Waals surface area contributed by atoms with Gasteiger partial charge in [0.2, 0.25) is 0 Å². The molecule has 2 aromatic heterocycles. The van der Waals surface area contributed by atoms with Crippen molar-refractivity contribution >= 4 is 39.8 Å². The number of H-pyrrole nitrogens is 1. The number of hydrogen-bond donors (Lipinski definition) is 2. The van der Waals surface area contributed by atoms with E-state index in [1.165, 1.54) is 27.8 Å². The molecule has 2 N–H and O–H groups in total. The van der Waals surface area contributed by atoms with Crippen LogP contribution in [-0.4, -0.2) is 33.1 Å². The normalized spacial score (nSPS) is 10.9. The second-order valence-electron chi connectivity index (χ2n) is 7.91. The molecule has 2 aromatic carbocycles.